The molecule has 0 saturated carbocycles. The lowest BCUT2D eigenvalue weighted by molar-refractivity contribution is -0.119. The van der Waals surface area contributed by atoms with E-state index in [1.54, 1.807) is 29.9 Å². The van der Waals surface area contributed by atoms with E-state index in [2.05, 4.69) is 26.3 Å². The quantitative estimate of drug-likeness (QED) is 0.694. The molecular weight excluding hydrogens is 374 g/mol. The van der Waals surface area contributed by atoms with Crippen molar-refractivity contribution in [2.75, 3.05) is 5.32 Å². The minimum absolute atomic E-state index is 0.206. The number of aryl methyl sites for hydroxylation is 1. The molecule has 0 aliphatic rings. The Morgan fingerprint density at radius 3 is 2.75 bits per heavy atom. The average Bonchev–Trinajstić information content (AvgIpc) is 2.85. The molecule has 0 radical (unpaired) electrons. The molecule has 1 N–H and O–H groups in total. The number of fused-ring (bicyclic) bond motifs is 1. The predicted molar refractivity (Wildman–Crippen MR) is 95.2 cm³/mol. The summed E-state index contributed by atoms with van der Waals surface area (Å²) >= 11 is 3.38. The molecule has 6 nitrogen and oxygen atoms in total. The molecule has 0 aliphatic carbocycles. The molecule has 1 atom stereocenters. The summed E-state index contributed by atoms with van der Waals surface area (Å²) in [5.41, 5.74) is 2.32. The first-order chi connectivity index (χ1) is 11.4. The van der Waals surface area contributed by atoms with E-state index >= 15 is 0 Å². The van der Waals surface area contributed by atoms with Gasteiger partial charge in [0.05, 0.1) is 16.4 Å². The summed E-state index contributed by atoms with van der Waals surface area (Å²) in [4.78, 5) is 24.0. The van der Waals surface area contributed by atoms with Gasteiger partial charge in [0.15, 0.2) is 0 Å². The maximum atomic E-state index is 12.5. The van der Waals surface area contributed by atoms with Gasteiger partial charge in [0.25, 0.3) is 0 Å². The number of halogens is 1. The fourth-order valence-corrected chi connectivity index (χ4v) is 2.83. The lowest BCUT2D eigenvalue weighted by Crippen LogP contribution is -2.25. The van der Waals surface area contributed by atoms with Gasteiger partial charge in [-0.2, -0.15) is 5.10 Å². The summed E-state index contributed by atoms with van der Waals surface area (Å²) in [6.07, 6.45) is 1.66. The molecule has 24 heavy (non-hydrogen) atoms. The highest BCUT2D eigenvalue weighted by molar-refractivity contribution is 9.10. The second kappa shape index (κ2) is 6.24. The van der Waals surface area contributed by atoms with Gasteiger partial charge in [-0.3, -0.25) is 9.48 Å². The Kier molecular flexibility index (Phi) is 4.28. The summed E-state index contributed by atoms with van der Waals surface area (Å²) < 4.78 is 7.70. The van der Waals surface area contributed by atoms with E-state index in [0.29, 0.717) is 11.3 Å². The van der Waals surface area contributed by atoms with Crippen LogP contribution in [0.2, 0.25) is 0 Å². The minimum Gasteiger partial charge on any atom is -0.423 e. The van der Waals surface area contributed by atoms with Crippen molar-refractivity contribution in [3.05, 3.63) is 56.6 Å². The monoisotopic (exact) mass is 389 g/mol. The highest BCUT2D eigenvalue weighted by Gasteiger charge is 2.19. The van der Waals surface area contributed by atoms with E-state index in [0.717, 1.165) is 21.1 Å². The van der Waals surface area contributed by atoms with Gasteiger partial charge < -0.3 is 9.73 Å². The van der Waals surface area contributed by atoms with E-state index in [4.69, 9.17) is 4.42 Å². The molecule has 0 bridgehead atoms. The Morgan fingerprint density at radius 1 is 1.33 bits per heavy atom. The Balaban J connectivity index is 1.88. The van der Waals surface area contributed by atoms with Gasteiger partial charge in [0, 0.05) is 23.2 Å². The molecule has 124 valence electrons. The van der Waals surface area contributed by atoms with Crippen molar-refractivity contribution >= 4 is 38.5 Å². The smallest absolute Gasteiger partial charge is 0.336 e. The van der Waals surface area contributed by atoms with Crippen LogP contribution >= 0.6 is 15.9 Å². The van der Waals surface area contributed by atoms with Crippen LogP contribution < -0.4 is 10.9 Å². The van der Waals surface area contributed by atoms with Crippen LogP contribution in [0, 0.1) is 13.8 Å². The van der Waals surface area contributed by atoms with Crippen LogP contribution in [0.25, 0.3) is 11.0 Å². The molecule has 1 aromatic carbocycles. The average molecular weight is 390 g/mol. The maximum Gasteiger partial charge on any atom is 0.336 e. The number of amides is 1. The minimum atomic E-state index is -0.475. The Labute approximate surface area is 146 Å². The van der Waals surface area contributed by atoms with Gasteiger partial charge >= 0.3 is 5.63 Å². The zero-order valence-corrected chi connectivity index (χ0v) is 15.0. The highest BCUT2D eigenvalue weighted by Crippen LogP contribution is 2.23. The second-order valence-electron chi connectivity index (χ2n) is 5.65. The number of rotatable bonds is 3. The van der Waals surface area contributed by atoms with Crippen LogP contribution in [0.4, 0.5) is 5.69 Å². The largest absolute Gasteiger partial charge is 0.423 e. The standard InChI is InChI=1S/C17H16BrN3O3/c1-9-6-16(22)24-15-7-12(4-5-13(9)15)20-17(23)11(3)21-10(2)14(18)8-19-21/h4-8,11H,1-3H3,(H,20,23)/t11-/m0/s1. The third kappa shape index (κ3) is 2.99. The van der Waals surface area contributed by atoms with Crippen molar-refractivity contribution in [2.24, 2.45) is 0 Å². The molecule has 2 aromatic heterocycles. The summed E-state index contributed by atoms with van der Waals surface area (Å²) in [6, 6.07) is 6.23. The summed E-state index contributed by atoms with van der Waals surface area (Å²) in [5, 5.41) is 7.87. The normalized spacial score (nSPS) is 12.3. The van der Waals surface area contributed by atoms with Crippen molar-refractivity contribution in [2.45, 2.75) is 26.8 Å². The van der Waals surface area contributed by atoms with Gasteiger partial charge in [-0.05, 0) is 54.4 Å². The number of aromatic nitrogens is 2. The third-order valence-corrected chi connectivity index (χ3v) is 4.73. The maximum absolute atomic E-state index is 12.5. The fourth-order valence-electron chi connectivity index (χ4n) is 2.55. The van der Waals surface area contributed by atoms with Gasteiger partial charge in [-0.1, -0.05) is 0 Å². The molecule has 7 heteroatoms. The zero-order valence-electron chi connectivity index (χ0n) is 13.5. The van der Waals surface area contributed by atoms with Crippen LogP contribution in [0.15, 0.2) is 44.1 Å². The van der Waals surface area contributed by atoms with Crippen molar-refractivity contribution < 1.29 is 9.21 Å². The van der Waals surface area contributed by atoms with Crippen LogP contribution in [0.3, 0.4) is 0 Å². The lowest BCUT2D eigenvalue weighted by atomic mass is 10.1. The number of hydrogen-bond acceptors (Lipinski definition) is 4. The molecular formula is C17H16BrN3O3. The predicted octanol–water partition coefficient (Wildman–Crippen LogP) is 3.57. The third-order valence-electron chi connectivity index (χ3n) is 3.95. The Hall–Kier alpha value is -2.41. The molecule has 0 spiro atoms. The summed E-state index contributed by atoms with van der Waals surface area (Å²) in [6.45, 7) is 5.50. The van der Waals surface area contributed by atoms with Gasteiger partial charge in [-0.25, -0.2) is 4.79 Å². The van der Waals surface area contributed by atoms with Gasteiger partial charge in [-0.15, -0.1) is 0 Å². The van der Waals surface area contributed by atoms with E-state index in [9.17, 15) is 9.59 Å². The molecule has 0 fully saturated rings. The Bertz CT molecular complexity index is 990. The highest BCUT2D eigenvalue weighted by atomic mass is 79.9. The number of hydrogen-bond donors (Lipinski definition) is 1. The molecule has 1 amide bonds. The second-order valence-corrected chi connectivity index (χ2v) is 6.50. The molecule has 2 heterocycles. The van der Waals surface area contributed by atoms with E-state index in [-0.39, 0.29) is 5.91 Å². The van der Waals surface area contributed by atoms with Crippen LogP contribution in [-0.2, 0) is 4.79 Å². The van der Waals surface area contributed by atoms with E-state index in [1.807, 2.05) is 19.9 Å². The van der Waals surface area contributed by atoms with Crippen LogP contribution in [-0.4, -0.2) is 15.7 Å². The summed E-state index contributed by atoms with van der Waals surface area (Å²) in [5.74, 6) is -0.206. The van der Waals surface area contributed by atoms with Crippen LogP contribution in [0.5, 0.6) is 0 Å². The molecule has 3 rings (SSSR count). The van der Waals surface area contributed by atoms with E-state index < -0.39 is 11.7 Å². The van der Waals surface area contributed by atoms with Crippen molar-refractivity contribution in [1.82, 2.24) is 9.78 Å². The molecule has 0 aliphatic heterocycles. The first-order valence-electron chi connectivity index (χ1n) is 7.42. The van der Waals surface area contributed by atoms with Crippen molar-refractivity contribution in [1.29, 1.82) is 0 Å². The first-order valence-corrected chi connectivity index (χ1v) is 8.21. The topological polar surface area (TPSA) is 77.1 Å². The molecule has 0 unspecified atom stereocenters. The molecule has 0 saturated heterocycles. The number of carbonyl (C=O) groups excluding carboxylic acids is 1. The van der Waals surface area contributed by atoms with E-state index in [1.165, 1.54) is 6.07 Å². The van der Waals surface area contributed by atoms with Gasteiger partial charge in [0.1, 0.15) is 11.6 Å². The first kappa shape index (κ1) is 16.4. The van der Waals surface area contributed by atoms with Gasteiger partial charge in [0.2, 0.25) is 5.91 Å². The number of anilines is 1. The number of carbonyl (C=O) groups is 1. The lowest BCUT2D eigenvalue weighted by Gasteiger charge is -2.15. The Morgan fingerprint density at radius 2 is 2.08 bits per heavy atom. The SMILES string of the molecule is Cc1cc(=O)oc2cc(NC(=O)[C@H](C)n3ncc(Br)c3C)ccc12. The fraction of sp³-hybridized carbons (Fsp3) is 0.235. The number of benzene rings is 1. The zero-order chi connectivity index (χ0) is 17.4. The van der Waals surface area contributed by atoms with Crippen LogP contribution in [0.1, 0.15) is 24.2 Å². The van der Waals surface area contributed by atoms with Crippen molar-refractivity contribution in [3.8, 4) is 0 Å². The summed E-state index contributed by atoms with van der Waals surface area (Å²) in [7, 11) is 0. The molecule has 3 aromatic rings. The number of nitrogens with zero attached hydrogens (tertiary/aromatic N) is 2. The number of nitrogens with one attached hydrogen (secondary N) is 1. The van der Waals surface area contributed by atoms with Crippen molar-refractivity contribution in [3.63, 3.8) is 0 Å².